The quantitative estimate of drug-likeness (QED) is 0.417. The van der Waals surface area contributed by atoms with Crippen LogP contribution in [0.15, 0.2) is 42.5 Å². The van der Waals surface area contributed by atoms with Crippen LogP contribution in [0, 0.1) is 11.3 Å². The number of benzene rings is 2. The summed E-state index contributed by atoms with van der Waals surface area (Å²) in [5.41, 5.74) is 9.66. The SMILES string of the molecule is N=C(N)c1ccc2c(c1)CCC(CC(C(=O)O)c1ccc(O[C@H]3CCNC3)cc1)C2. The molecule has 0 spiro atoms. The van der Waals surface area contributed by atoms with E-state index in [1.54, 1.807) is 0 Å². The molecule has 4 rings (SSSR count). The number of nitrogen functional groups attached to an aromatic ring is 1. The summed E-state index contributed by atoms with van der Waals surface area (Å²) in [5.74, 6) is -0.0918. The van der Waals surface area contributed by atoms with Crippen molar-refractivity contribution in [2.24, 2.45) is 11.7 Å². The number of nitrogens with two attached hydrogens (primary N) is 1. The molecule has 1 saturated heterocycles. The first-order chi connectivity index (χ1) is 14.5. The number of carboxylic acids is 1. The zero-order valence-corrected chi connectivity index (χ0v) is 17.1. The number of ether oxygens (including phenoxy) is 1. The normalized spacial score (nSPS) is 21.6. The molecule has 0 amide bonds. The van der Waals surface area contributed by atoms with Gasteiger partial charge < -0.3 is 20.9 Å². The Bertz CT molecular complexity index is 920. The second kappa shape index (κ2) is 8.88. The predicted octanol–water partition coefficient (Wildman–Crippen LogP) is 3.07. The van der Waals surface area contributed by atoms with Gasteiger partial charge >= 0.3 is 5.97 Å². The molecule has 0 aromatic heterocycles. The Labute approximate surface area is 177 Å². The van der Waals surface area contributed by atoms with Gasteiger partial charge in [-0.05, 0) is 79.5 Å². The van der Waals surface area contributed by atoms with Crippen molar-refractivity contribution in [1.82, 2.24) is 5.32 Å². The molecule has 0 bridgehead atoms. The van der Waals surface area contributed by atoms with Crippen LogP contribution >= 0.6 is 0 Å². The van der Waals surface area contributed by atoms with Crippen molar-refractivity contribution in [3.63, 3.8) is 0 Å². The molecule has 1 heterocycles. The minimum Gasteiger partial charge on any atom is -0.489 e. The second-order valence-corrected chi connectivity index (χ2v) is 8.43. The number of carbonyl (C=O) groups is 1. The van der Waals surface area contributed by atoms with Gasteiger partial charge in [0.1, 0.15) is 17.7 Å². The summed E-state index contributed by atoms with van der Waals surface area (Å²) in [6, 6.07) is 13.5. The molecule has 3 atom stereocenters. The van der Waals surface area contributed by atoms with Gasteiger partial charge in [0.05, 0.1) is 5.92 Å². The van der Waals surface area contributed by atoms with E-state index in [4.69, 9.17) is 15.9 Å². The van der Waals surface area contributed by atoms with E-state index >= 15 is 0 Å². The third-order valence-electron chi connectivity index (χ3n) is 6.32. The topological polar surface area (TPSA) is 108 Å². The summed E-state index contributed by atoms with van der Waals surface area (Å²) in [6.07, 6.45) is 4.53. The Morgan fingerprint density at radius 1 is 1.20 bits per heavy atom. The largest absolute Gasteiger partial charge is 0.489 e. The molecule has 0 saturated carbocycles. The highest BCUT2D eigenvalue weighted by Crippen LogP contribution is 2.34. The van der Waals surface area contributed by atoms with E-state index in [1.807, 2.05) is 42.5 Å². The van der Waals surface area contributed by atoms with Crippen LogP contribution in [0.1, 0.15) is 47.4 Å². The standard InChI is InChI=1S/C24H29N3O3/c25-23(26)19-4-3-17-11-15(1-2-18(17)13-19)12-22(24(28)29)16-5-7-20(8-6-16)30-21-9-10-27-14-21/h3-8,13,15,21-22,27H,1-2,9-12,14H2,(H3,25,26)(H,28,29)/t15?,21-,22?/m0/s1. The average Bonchev–Trinajstić information content (AvgIpc) is 3.25. The molecule has 1 fully saturated rings. The molecule has 2 aliphatic rings. The lowest BCUT2D eigenvalue weighted by atomic mass is 9.77. The van der Waals surface area contributed by atoms with Crippen molar-refractivity contribution in [1.29, 1.82) is 5.41 Å². The second-order valence-electron chi connectivity index (χ2n) is 8.43. The van der Waals surface area contributed by atoms with Gasteiger partial charge in [-0.1, -0.05) is 24.3 Å². The maximum absolute atomic E-state index is 12.0. The number of nitrogens with one attached hydrogen (secondary N) is 2. The summed E-state index contributed by atoms with van der Waals surface area (Å²) in [4.78, 5) is 12.0. The predicted molar refractivity (Wildman–Crippen MR) is 116 cm³/mol. The van der Waals surface area contributed by atoms with Gasteiger partial charge in [-0.3, -0.25) is 10.2 Å². The van der Waals surface area contributed by atoms with E-state index in [-0.39, 0.29) is 11.9 Å². The molecule has 30 heavy (non-hydrogen) atoms. The fourth-order valence-electron chi connectivity index (χ4n) is 4.61. The van der Waals surface area contributed by atoms with Crippen molar-refractivity contribution < 1.29 is 14.6 Å². The van der Waals surface area contributed by atoms with Crippen LogP contribution in [0.5, 0.6) is 5.75 Å². The third-order valence-corrected chi connectivity index (χ3v) is 6.32. The number of amidine groups is 1. The number of rotatable bonds is 7. The van der Waals surface area contributed by atoms with Gasteiger partial charge in [-0.2, -0.15) is 0 Å². The number of hydrogen-bond donors (Lipinski definition) is 4. The van der Waals surface area contributed by atoms with Gasteiger partial charge in [-0.25, -0.2) is 0 Å². The lowest BCUT2D eigenvalue weighted by Gasteiger charge is -2.27. The Kier molecular flexibility index (Phi) is 6.04. The monoisotopic (exact) mass is 407 g/mol. The molecular weight excluding hydrogens is 378 g/mol. The number of carboxylic acid groups (broad SMARTS) is 1. The van der Waals surface area contributed by atoms with Crippen LogP contribution < -0.4 is 15.8 Å². The lowest BCUT2D eigenvalue weighted by molar-refractivity contribution is -0.139. The van der Waals surface area contributed by atoms with Crippen molar-refractivity contribution >= 4 is 11.8 Å². The van der Waals surface area contributed by atoms with Gasteiger partial charge in [0.15, 0.2) is 0 Å². The van der Waals surface area contributed by atoms with Crippen molar-refractivity contribution in [2.75, 3.05) is 13.1 Å². The van der Waals surface area contributed by atoms with Crippen LogP contribution in [-0.4, -0.2) is 36.1 Å². The highest BCUT2D eigenvalue weighted by Gasteiger charge is 2.27. The first-order valence-corrected chi connectivity index (χ1v) is 10.7. The average molecular weight is 408 g/mol. The number of aryl methyl sites for hydroxylation is 1. The Morgan fingerprint density at radius 3 is 2.67 bits per heavy atom. The smallest absolute Gasteiger partial charge is 0.310 e. The molecule has 6 nitrogen and oxygen atoms in total. The van der Waals surface area contributed by atoms with Crippen LogP contribution in [-0.2, 0) is 17.6 Å². The molecule has 2 aromatic rings. The number of aliphatic carboxylic acids is 1. The fourth-order valence-corrected chi connectivity index (χ4v) is 4.61. The van der Waals surface area contributed by atoms with E-state index in [9.17, 15) is 9.90 Å². The van der Waals surface area contributed by atoms with Crippen LogP contribution in [0.25, 0.3) is 0 Å². The van der Waals surface area contributed by atoms with E-state index in [0.29, 0.717) is 12.3 Å². The van der Waals surface area contributed by atoms with Gasteiger partial charge in [0, 0.05) is 12.1 Å². The molecule has 1 aliphatic heterocycles. The summed E-state index contributed by atoms with van der Waals surface area (Å²) < 4.78 is 5.95. The highest BCUT2D eigenvalue weighted by atomic mass is 16.5. The minimum absolute atomic E-state index is 0.0856. The zero-order valence-electron chi connectivity index (χ0n) is 17.1. The molecule has 6 heteroatoms. The molecular formula is C24H29N3O3. The van der Waals surface area contributed by atoms with E-state index < -0.39 is 11.9 Å². The molecule has 2 unspecified atom stereocenters. The zero-order chi connectivity index (χ0) is 21.1. The number of fused-ring (bicyclic) bond motifs is 1. The number of hydrogen-bond acceptors (Lipinski definition) is 4. The van der Waals surface area contributed by atoms with Crippen molar-refractivity contribution in [3.05, 3.63) is 64.7 Å². The Morgan fingerprint density at radius 2 is 2.00 bits per heavy atom. The molecule has 158 valence electrons. The molecule has 2 aromatic carbocycles. The van der Waals surface area contributed by atoms with Crippen LogP contribution in [0.3, 0.4) is 0 Å². The lowest BCUT2D eigenvalue weighted by Crippen LogP contribution is -2.22. The minimum atomic E-state index is -0.776. The summed E-state index contributed by atoms with van der Waals surface area (Å²) in [7, 11) is 0. The van der Waals surface area contributed by atoms with Gasteiger partial charge in [-0.15, -0.1) is 0 Å². The molecule has 0 radical (unpaired) electrons. The maximum atomic E-state index is 12.0. The highest BCUT2D eigenvalue weighted by molar-refractivity contribution is 5.95. The summed E-state index contributed by atoms with van der Waals surface area (Å²) in [5, 5.41) is 20.8. The van der Waals surface area contributed by atoms with Gasteiger partial charge in [0.25, 0.3) is 0 Å². The maximum Gasteiger partial charge on any atom is 0.310 e. The van der Waals surface area contributed by atoms with Crippen molar-refractivity contribution in [3.8, 4) is 5.75 Å². The summed E-state index contributed by atoms with van der Waals surface area (Å²) in [6.45, 7) is 1.83. The van der Waals surface area contributed by atoms with E-state index in [1.165, 1.54) is 11.1 Å². The first kappa shape index (κ1) is 20.4. The third kappa shape index (κ3) is 4.65. The van der Waals surface area contributed by atoms with E-state index in [0.717, 1.165) is 55.6 Å². The Hall–Kier alpha value is -2.86. The molecule has 1 aliphatic carbocycles. The van der Waals surface area contributed by atoms with Crippen molar-refractivity contribution in [2.45, 2.75) is 44.1 Å². The fraction of sp³-hybridized carbons (Fsp3) is 0.417. The van der Waals surface area contributed by atoms with E-state index in [2.05, 4.69) is 5.32 Å². The Balaban J connectivity index is 1.42. The van der Waals surface area contributed by atoms with Crippen LogP contribution in [0.4, 0.5) is 0 Å². The molecule has 5 N–H and O–H groups in total. The van der Waals surface area contributed by atoms with Gasteiger partial charge in [0.2, 0.25) is 0 Å². The van der Waals surface area contributed by atoms with Crippen LogP contribution in [0.2, 0.25) is 0 Å². The first-order valence-electron chi connectivity index (χ1n) is 10.7. The summed E-state index contributed by atoms with van der Waals surface area (Å²) >= 11 is 0.